The highest BCUT2D eigenvalue weighted by Crippen LogP contribution is 2.45. The van der Waals surface area contributed by atoms with Crippen LogP contribution in [0.5, 0.6) is 0 Å². The van der Waals surface area contributed by atoms with Crippen molar-refractivity contribution in [2.24, 2.45) is 11.8 Å². The molecule has 2 fully saturated rings. The van der Waals surface area contributed by atoms with Gasteiger partial charge in [0, 0.05) is 31.1 Å². The van der Waals surface area contributed by atoms with Gasteiger partial charge in [-0.2, -0.15) is 0 Å². The van der Waals surface area contributed by atoms with Crippen LogP contribution in [0.2, 0.25) is 0 Å². The second-order valence-electron chi connectivity index (χ2n) is 15.1. The summed E-state index contributed by atoms with van der Waals surface area (Å²) in [6, 6.07) is 0. The molecule has 2 rings (SSSR count). The van der Waals surface area contributed by atoms with Crippen molar-refractivity contribution in [3.05, 3.63) is 36.5 Å². The first-order valence-corrected chi connectivity index (χ1v) is 22.8. The van der Waals surface area contributed by atoms with Gasteiger partial charge in [0.1, 0.15) is 18.8 Å². The molecule has 13 nitrogen and oxygen atoms in total. The molecule has 56 heavy (non-hydrogen) atoms. The van der Waals surface area contributed by atoms with Crippen LogP contribution in [0, 0.1) is 11.8 Å². The van der Waals surface area contributed by atoms with Crippen LogP contribution in [0.15, 0.2) is 36.5 Å². The summed E-state index contributed by atoms with van der Waals surface area (Å²) < 4.78 is 32.8. The van der Waals surface area contributed by atoms with Crippen LogP contribution in [0.4, 0.5) is 0 Å². The summed E-state index contributed by atoms with van der Waals surface area (Å²) in [5, 5.41) is 28.7. The Morgan fingerprint density at radius 3 is 2.05 bits per heavy atom. The number of phosphoric ester groups is 1. The zero-order chi connectivity index (χ0) is 40.9. The molecule has 0 aromatic rings. The van der Waals surface area contributed by atoms with Crippen LogP contribution < -0.4 is 0 Å². The van der Waals surface area contributed by atoms with Crippen LogP contribution in [0.1, 0.15) is 149 Å². The highest BCUT2D eigenvalue weighted by atomic mass is 31.2. The minimum atomic E-state index is -4.66. The molecule has 0 aromatic heterocycles. The average Bonchev–Trinajstić information content (AvgIpc) is 3.79. The molecule has 0 aromatic carbocycles. The van der Waals surface area contributed by atoms with E-state index in [-0.39, 0.29) is 43.5 Å². The third-order valence-corrected chi connectivity index (χ3v) is 11.1. The number of aliphatic hydroxyl groups is 3. The first kappa shape index (κ1) is 50.2. The van der Waals surface area contributed by atoms with Gasteiger partial charge in [0.2, 0.25) is 0 Å². The maximum absolute atomic E-state index is 12.7. The topological polar surface area (TPSA) is 188 Å². The Kier molecular flexibility index (Phi) is 27.8. The molecule has 1 aliphatic heterocycles. The van der Waals surface area contributed by atoms with Crippen molar-refractivity contribution in [3.63, 3.8) is 0 Å². The molecule has 2 bridgehead atoms. The Bertz CT molecular complexity index is 1180. The molecule has 14 heteroatoms. The average molecular weight is 817 g/mol. The zero-order valence-corrected chi connectivity index (χ0v) is 35.0. The van der Waals surface area contributed by atoms with E-state index in [0.717, 1.165) is 38.5 Å². The summed E-state index contributed by atoms with van der Waals surface area (Å²) in [6.45, 7) is 2.03. The number of ether oxygens (including phenoxy) is 2. The molecule has 8 atom stereocenters. The molecule has 0 spiro atoms. The zero-order valence-electron chi connectivity index (χ0n) is 34.1. The molecule has 0 amide bonds. The summed E-state index contributed by atoms with van der Waals surface area (Å²) in [6.07, 6.45) is 28.7. The molecular formula is C42H73O13P. The number of carbonyl (C=O) groups excluding carboxylic acids is 2. The Labute approximate surface area is 335 Å². The Balaban J connectivity index is 1.73. The summed E-state index contributed by atoms with van der Waals surface area (Å²) in [7, 11) is -4.66. The quantitative estimate of drug-likeness (QED) is 0.0158. The Morgan fingerprint density at radius 2 is 1.39 bits per heavy atom. The fourth-order valence-corrected chi connectivity index (χ4v) is 7.63. The lowest BCUT2D eigenvalue weighted by molar-refractivity contribution is -0.336. The number of hydrogen-bond acceptors (Lipinski definition) is 12. The predicted molar refractivity (Wildman–Crippen MR) is 214 cm³/mol. The number of unbranched alkanes of at least 4 members (excludes halogenated alkanes) is 13. The minimum absolute atomic E-state index is 0.00611. The Hall–Kier alpha value is -1.93. The van der Waals surface area contributed by atoms with Gasteiger partial charge in [0.05, 0.1) is 32.0 Å². The lowest BCUT2D eigenvalue weighted by atomic mass is 9.89. The SMILES string of the molecule is CC/C=C\CC(O)/C=C/C1C2CC(OO2)C1C/C=C\CCCC(=O)OC(COC(=O)CCCCCCCCCCCCCCC)COP(=O)(O)OCC(O)CO. The molecule has 2 aliphatic rings. The largest absolute Gasteiger partial charge is 0.472 e. The van der Waals surface area contributed by atoms with Crippen molar-refractivity contribution in [2.45, 2.75) is 179 Å². The number of rotatable bonds is 35. The fraction of sp³-hybridized carbons (Fsp3) is 0.810. The van der Waals surface area contributed by atoms with E-state index in [4.69, 9.17) is 28.9 Å². The number of aliphatic hydroxyl groups excluding tert-OH is 3. The molecule has 0 radical (unpaired) electrons. The van der Waals surface area contributed by atoms with Gasteiger partial charge in [-0.15, -0.1) is 0 Å². The highest BCUT2D eigenvalue weighted by molar-refractivity contribution is 7.47. The van der Waals surface area contributed by atoms with Crippen LogP contribution in [-0.4, -0.2) is 89.1 Å². The summed E-state index contributed by atoms with van der Waals surface area (Å²) in [5.74, 6) is -0.685. The van der Waals surface area contributed by atoms with Gasteiger partial charge in [0.25, 0.3) is 0 Å². The summed E-state index contributed by atoms with van der Waals surface area (Å²) in [5.41, 5.74) is 0. The van der Waals surface area contributed by atoms with Gasteiger partial charge in [-0.3, -0.25) is 18.6 Å². The van der Waals surface area contributed by atoms with Crippen molar-refractivity contribution >= 4 is 19.8 Å². The number of hydrogen-bond donors (Lipinski definition) is 4. The van der Waals surface area contributed by atoms with Crippen molar-refractivity contribution in [2.75, 3.05) is 26.4 Å². The molecular weight excluding hydrogens is 743 g/mol. The van der Waals surface area contributed by atoms with Crippen molar-refractivity contribution in [3.8, 4) is 0 Å². The fourth-order valence-electron chi connectivity index (χ4n) is 6.84. The smallest absolute Gasteiger partial charge is 0.462 e. The lowest BCUT2D eigenvalue weighted by Crippen LogP contribution is -2.29. The van der Waals surface area contributed by atoms with Gasteiger partial charge in [-0.25, -0.2) is 14.3 Å². The van der Waals surface area contributed by atoms with Crippen molar-refractivity contribution < 1.29 is 62.7 Å². The first-order chi connectivity index (χ1) is 27.1. The second kappa shape index (κ2) is 31.1. The van der Waals surface area contributed by atoms with Crippen LogP contribution in [-0.2, 0) is 42.5 Å². The van der Waals surface area contributed by atoms with E-state index < -0.39 is 57.9 Å². The van der Waals surface area contributed by atoms with Crippen LogP contribution in [0.3, 0.4) is 0 Å². The van der Waals surface area contributed by atoms with E-state index in [9.17, 15) is 29.3 Å². The highest BCUT2D eigenvalue weighted by Gasteiger charge is 2.49. The molecule has 1 aliphatic carbocycles. The number of phosphoric acid groups is 1. The van der Waals surface area contributed by atoms with Gasteiger partial charge >= 0.3 is 19.8 Å². The lowest BCUT2D eigenvalue weighted by Gasteiger charge is -2.27. The minimum Gasteiger partial charge on any atom is -0.462 e. The van der Waals surface area contributed by atoms with Crippen molar-refractivity contribution in [1.29, 1.82) is 0 Å². The van der Waals surface area contributed by atoms with E-state index in [2.05, 4.69) is 24.4 Å². The van der Waals surface area contributed by atoms with Crippen LogP contribution >= 0.6 is 7.82 Å². The number of allylic oxidation sites excluding steroid dienone is 3. The van der Waals surface area contributed by atoms with E-state index >= 15 is 0 Å². The molecule has 324 valence electrons. The molecule has 4 N–H and O–H groups in total. The third-order valence-electron chi connectivity index (χ3n) is 10.1. The monoisotopic (exact) mass is 816 g/mol. The normalized spacial score (nSPS) is 22.2. The molecule has 1 heterocycles. The maximum atomic E-state index is 12.7. The van der Waals surface area contributed by atoms with Gasteiger partial charge in [0.15, 0.2) is 6.10 Å². The predicted octanol–water partition coefficient (Wildman–Crippen LogP) is 8.13. The molecule has 1 saturated carbocycles. The van der Waals surface area contributed by atoms with Gasteiger partial charge in [-0.05, 0) is 38.5 Å². The third kappa shape index (κ3) is 23.5. The van der Waals surface area contributed by atoms with Gasteiger partial charge < -0.3 is 29.7 Å². The van der Waals surface area contributed by atoms with E-state index in [1.165, 1.54) is 57.8 Å². The summed E-state index contributed by atoms with van der Waals surface area (Å²) in [4.78, 5) is 46.1. The second-order valence-corrected chi connectivity index (χ2v) is 16.6. The van der Waals surface area contributed by atoms with Crippen molar-refractivity contribution in [1.82, 2.24) is 0 Å². The van der Waals surface area contributed by atoms with E-state index in [0.29, 0.717) is 25.7 Å². The number of esters is 2. The molecule has 8 unspecified atom stereocenters. The Morgan fingerprint density at radius 1 is 0.768 bits per heavy atom. The molecule has 1 saturated heterocycles. The number of carbonyl (C=O) groups is 2. The number of fused-ring (bicyclic) bond motifs is 2. The standard InChI is InChI=1S/C42H73O13P/c1-3-5-7-8-9-10-11-12-13-14-15-16-21-25-41(46)50-32-36(33-52-56(48,49)51-31-35(45)30-43)53-42(47)26-22-18-17-20-24-37-38(40-29-39(37)54-55-40)28-27-34(44)23-19-6-4-2/h6,17,19-20,27-28,34-40,43-45H,3-5,7-16,18,21-26,29-33H2,1-2H3,(H,48,49)/b19-6-,20-17-,28-27+. The van der Waals surface area contributed by atoms with Crippen LogP contribution in [0.25, 0.3) is 0 Å². The van der Waals surface area contributed by atoms with Gasteiger partial charge in [-0.1, -0.05) is 127 Å². The maximum Gasteiger partial charge on any atom is 0.472 e. The van der Waals surface area contributed by atoms with E-state index in [1.54, 1.807) is 0 Å². The first-order valence-electron chi connectivity index (χ1n) is 21.3. The summed E-state index contributed by atoms with van der Waals surface area (Å²) >= 11 is 0. The van der Waals surface area contributed by atoms with E-state index in [1.807, 2.05) is 30.4 Å².